The van der Waals surface area contributed by atoms with Gasteiger partial charge in [-0.3, -0.25) is 9.48 Å². The minimum atomic E-state index is -1.13. The van der Waals surface area contributed by atoms with Crippen molar-refractivity contribution in [3.63, 3.8) is 0 Å². The molecule has 1 aliphatic carbocycles. The van der Waals surface area contributed by atoms with Gasteiger partial charge in [0.25, 0.3) is 0 Å². The smallest absolute Gasteiger partial charge is 0.329 e. The first-order chi connectivity index (χ1) is 9.93. The van der Waals surface area contributed by atoms with E-state index in [2.05, 4.69) is 10.4 Å². The Hall–Kier alpha value is -2.11. The number of carbonyl (C=O) groups excluding carboxylic acids is 1. The van der Waals surface area contributed by atoms with E-state index in [9.17, 15) is 14.7 Å². The van der Waals surface area contributed by atoms with Crippen LogP contribution in [0.5, 0.6) is 0 Å². The van der Waals surface area contributed by atoms with Gasteiger partial charge in [-0.05, 0) is 30.9 Å². The van der Waals surface area contributed by atoms with Gasteiger partial charge in [-0.1, -0.05) is 19.8 Å². The van der Waals surface area contributed by atoms with Crippen LogP contribution in [0.2, 0.25) is 0 Å². The van der Waals surface area contributed by atoms with Gasteiger partial charge in [-0.25, -0.2) is 4.79 Å². The average molecular weight is 291 g/mol. The zero-order valence-electron chi connectivity index (χ0n) is 12.4. The number of aliphatic carboxylic acids is 1. The molecule has 0 saturated heterocycles. The zero-order valence-corrected chi connectivity index (χ0v) is 12.4. The van der Waals surface area contributed by atoms with Crippen LogP contribution in [-0.4, -0.2) is 32.3 Å². The van der Waals surface area contributed by atoms with Crippen LogP contribution in [0.3, 0.4) is 0 Å². The molecular formula is C15H21N3O3. The van der Waals surface area contributed by atoms with E-state index in [1.807, 2.05) is 6.92 Å². The molecule has 6 heteroatoms. The Morgan fingerprint density at radius 2 is 2.33 bits per heavy atom. The molecule has 2 atom stereocenters. The Balaban J connectivity index is 2.07. The molecule has 1 aromatic rings. The Kier molecular flexibility index (Phi) is 4.45. The molecule has 2 N–H and O–H groups in total. The highest BCUT2D eigenvalue weighted by Crippen LogP contribution is 2.32. The minimum Gasteiger partial charge on any atom is -0.480 e. The highest BCUT2D eigenvalue weighted by molar-refractivity contribution is 5.95. The largest absolute Gasteiger partial charge is 0.480 e. The molecule has 1 saturated carbocycles. The van der Waals surface area contributed by atoms with E-state index in [0.717, 1.165) is 18.5 Å². The van der Waals surface area contributed by atoms with Crippen LogP contribution in [0.1, 0.15) is 38.3 Å². The summed E-state index contributed by atoms with van der Waals surface area (Å²) in [6.45, 7) is 2.02. The lowest BCUT2D eigenvalue weighted by Crippen LogP contribution is -2.56. The minimum absolute atomic E-state index is 0.302. The summed E-state index contributed by atoms with van der Waals surface area (Å²) >= 11 is 0. The summed E-state index contributed by atoms with van der Waals surface area (Å²) < 4.78 is 1.64. The highest BCUT2D eigenvalue weighted by atomic mass is 16.4. The van der Waals surface area contributed by atoms with Crippen molar-refractivity contribution in [3.8, 4) is 0 Å². The number of rotatable bonds is 4. The topological polar surface area (TPSA) is 84.2 Å². The van der Waals surface area contributed by atoms with Crippen molar-refractivity contribution in [2.24, 2.45) is 13.0 Å². The predicted octanol–water partition coefficient (Wildman–Crippen LogP) is 1.58. The average Bonchev–Trinajstić information content (AvgIpc) is 2.82. The summed E-state index contributed by atoms with van der Waals surface area (Å²) in [6, 6.07) is 1.78. The van der Waals surface area contributed by atoms with Crippen LogP contribution >= 0.6 is 0 Å². The standard InChI is InChI=1S/C15H21N3O3/c1-11-4-3-8-15(10-11,14(20)21)17-13(19)6-5-12-7-9-16-18(12)2/h5-7,9,11H,3-4,8,10H2,1-2H3,(H,17,19)(H,20,21). The van der Waals surface area contributed by atoms with Gasteiger partial charge in [0.05, 0.1) is 5.69 Å². The molecule has 0 aliphatic heterocycles. The first-order valence-corrected chi connectivity index (χ1v) is 7.14. The Morgan fingerprint density at radius 1 is 1.57 bits per heavy atom. The predicted molar refractivity (Wildman–Crippen MR) is 78.4 cm³/mol. The molecule has 21 heavy (non-hydrogen) atoms. The Labute approximate surface area is 123 Å². The molecule has 0 aromatic carbocycles. The maximum absolute atomic E-state index is 12.0. The van der Waals surface area contributed by atoms with E-state index in [-0.39, 0.29) is 5.91 Å². The van der Waals surface area contributed by atoms with Gasteiger partial charge in [0, 0.05) is 19.3 Å². The fraction of sp³-hybridized carbons (Fsp3) is 0.533. The molecule has 2 unspecified atom stereocenters. The summed E-state index contributed by atoms with van der Waals surface area (Å²) in [5, 5.41) is 16.2. The molecule has 0 bridgehead atoms. The molecule has 2 rings (SSSR count). The number of hydrogen-bond acceptors (Lipinski definition) is 3. The normalized spacial score (nSPS) is 25.9. The van der Waals surface area contributed by atoms with Crippen molar-refractivity contribution in [1.82, 2.24) is 15.1 Å². The number of carbonyl (C=O) groups is 2. The third-order valence-electron chi connectivity index (χ3n) is 4.03. The van der Waals surface area contributed by atoms with Crippen LogP contribution < -0.4 is 5.32 Å². The first kappa shape index (κ1) is 15.3. The van der Waals surface area contributed by atoms with E-state index >= 15 is 0 Å². The van der Waals surface area contributed by atoms with Gasteiger partial charge in [-0.15, -0.1) is 0 Å². The Morgan fingerprint density at radius 3 is 2.90 bits per heavy atom. The summed E-state index contributed by atoms with van der Waals surface area (Å²) in [7, 11) is 1.78. The van der Waals surface area contributed by atoms with E-state index < -0.39 is 11.5 Å². The van der Waals surface area contributed by atoms with Crippen molar-refractivity contribution < 1.29 is 14.7 Å². The van der Waals surface area contributed by atoms with Gasteiger partial charge >= 0.3 is 5.97 Å². The van der Waals surface area contributed by atoms with Gasteiger partial charge in [0.15, 0.2) is 0 Å². The van der Waals surface area contributed by atoms with E-state index in [4.69, 9.17) is 0 Å². The second kappa shape index (κ2) is 6.11. The number of aryl methyl sites for hydroxylation is 1. The summed E-state index contributed by atoms with van der Waals surface area (Å²) in [4.78, 5) is 23.6. The molecule has 0 radical (unpaired) electrons. The molecule has 1 aliphatic rings. The molecule has 1 fully saturated rings. The van der Waals surface area contributed by atoms with Crippen LogP contribution in [0.4, 0.5) is 0 Å². The van der Waals surface area contributed by atoms with Crippen LogP contribution in [0.15, 0.2) is 18.3 Å². The highest BCUT2D eigenvalue weighted by Gasteiger charge is 2.42. The Bertz CT molecular complexity index is 564. The number of hydrogen-bond donors (Lipinski definition) is 2. The van der Waals surface area contributed by atoms with Gasteiger partial charge in [0.1, 0.15) is 5.54 Å². The lowest BCUT2D eigenvalue weighted by atomic mass is 9.76. The van der Waals surface area contributed by atoms with Crippen LogP contribution in [0.25, 0.3) is 6.08 Å². The lowest BCUT2D eigenvalue weighted by Gasteiger charge is -2.36. The summed E-state index contributed by atoms with van der Waals surface area (Å²) in [5.41, 5.74) is -0.350. The quantitative estimate of drug-likeness (QED) is 0.825. The van der Waals surface area contributed by atoms with E-state index in [0.29, 0.717) is 18.8 Å². The van der Waals surface area contributed by atoms with Crippen molar-refractivity contribution in [2.75, 3.05) is 0 Å². The summed E-state index contributed by atoms with van der Waals surface area (Å²) in [6.07, 6.45) is 7.42. The van der Waals surface area contributed by atoms with Crippen LogP contribution in [0, 0.1) is 5.92 Å². The monoisotopic (exact) mass is 291 g/mol. The lowest BCUT2D eigenvalue weighted by molar-refractivity contribution is -0.149. The molecule has 1 amide bonds. The van der Waals surface area contributed by atoms with Crippen LogP contribution in [-0.2, 0) is 16.6 Å². The van der Waals surface area contributed by atoms with E-state index in [1.165, 1.54) is 6.08 Å². The molecule has 1 heterocycles. The van der Waals surface area contributed by atoms with Gasteiger partial charge in [-0.2, -0.15) is 5.10 Å². The molecule has 114 valence electrons. The first-order valence-electron chi connectivity index (χ1n) is 7.14. The number of carboxylic acid groups (broad SMARTS) is 1. The third kappa shape index (κ3) is 3.51. The van der Waals surface area contributed by atoms with Crippen molar-refractivity contribution >= 4 is 18.0 Å². The third-order valence-corrected chi connectivity index (χ3v) is 4.03. The fourth-order valence-electron chi connectivity index (χ4n) is 2.90. The maximum atomic E-state index is 12.0. The second-order valence-corrected chi connectivity index (χ2v) is 5.79. The molecule has 6 nitrogen and oxygen atoms in total. The fourth-order valence-corrected chi connectivity index (χ4v) is 2.90. The molecule has 0 spiro atoms. The van der Waals surface area contributed by atoms with Crippen molar-refractivity contribution in [2.45, 2.75) is 38.1 Å². The second-order valence-electron chi connectivity index (χ2n) is 5.79. The van der Waals surface area contributed by atoms with Gasteiger partial charge < -0.3 is 10.4 Å². The zero-order chi connectivity index (χ0) is 15.5. The maximum Gasteiger partial charge on any atom is 0.329 e. The summed E-state index contributed by atoms with van der Waals surface area (Å²) in [5.74, 6) is -1.03. The number of amides is 1. The molecule has 1 aromatic heterocycles. The van der Waals surface area contributed by atoms with Crippen molar-refractivity contribution in [1.29, 1.82) is 0 Å². The number of nitrogens with zero attached hydrogens (tertiary/aromatic N) is 2. The van der Waals surface area contributed by atoms with Crippen molar-refractivity contribution in [3.05, 3.63) is 24.0 Å². The number of aromatic nitrogens is 2. The van der Waals surface area contributed by atoms with Gasteiger partial charge in [0.2, 0.25) is 5.91 Å². The number of nitrogens with one attached hydrogen (secondary N) is 1. The number of carboxylic acids is 1. The van der Waals surface area contributed by atoms with E-state index in [1.54, 1.807) is 30.1 Å². The molecular weight excluding hydrogens is 270 g/mol. The SMILES string of the molecule is CC1CCCC(NC(=O)C=Cc2ccnn2C)(C(=O)O)C1.